The Kier molecular flexibility index (Phi) is 5.25. The number of thioether (sulfide) groups is 1. The lowest BCUT2D eigenvalue weighted by molar-refractivity contribution is 0.0664. The molecule has 0 spiro atoms. The highest BCUT2D eigenvalue weighted by molar-refractivity contribution is 7.98. The number of benzene rings is 2. The largest absolute Gasteiger partial charge is 0.338 e. The van der Waals surface area contributed by atoms with Crippen LogP contribution in [0, 0.1) is 0 Å². The third-order valence-electron chi connectivity index (χ3n) is 4.65. The number of amides is 2. The Balaban J connectivity index is 1.30. The van der Waals surface area contributed by atoms with E-state index < -0.39 is 0 Å². The zero-order chi connectivity index (χ0) is 19.5. The number of aryl methyl sites for hydroxylation is 1. The maximum absolute atomic E-state index is 12.3. The fourth-order valence-corrected chi connectivity index (χ4v) is 3.83. The lowest BCUT2D eigenvalue weighted by Crippen LogP contribution is -2.31. The second-order valence-corrected chi connectivity index (χ2v) is 7.53. The summed E-state index contributed by atoms with van der Waals surface area (Å²) in [5, 5.41) is 4.03. The van der Waals surface area contributed by atoms with E-state index in [1.54, 1.807) is 36.0 Å². The van der Waals surface area contributed by atoms with Crippen molar-refractivity contribution in [3.05, 3.63) is 71.1 Å². The van der Waals surface area contributed by atoms with E-state index in [0.717, 1.165) is 12.0 Å². The van der Waals surface area contributed by atoms with Gasteiger partial charge in [0, 0.05) is 17.9 Å². The van der Waals surface area contributed by atoms with E-state index in [4.69, 9.17) is 4.52 Å². The molecule has 0 fully saturated rings. The van der Waals surface area contributed by atoms with Crippen LogP contribution >= 0.6 is 11.8 Å². The molecule has 1 aliphatic rings. The third kappa shape index (κ3) is 3.57. The predicted molar refractivity (Wildman–Crippen MR) is 107 cm³/mol. The van der Waals surface area contributed by atoms with Crippen molar-refractivity contribution in [2.75, 3.05) is 12.3 Å². The molecule has 142 valence electrons. The first-order valence-electron chi connectivity index (χ1n) is 9.12. The number of nitrogens with zero attached hydrogens (tertiary/aromatic N) is 3. The van der Waals surface area contributed by atoms with Crippen LogP contribution in [-0.2, 0) is 12.2 Å². The van der Waals surface area contributed by atoms with Gasteiger partial charge in [0.1, 0.15) is 0 Å². The van der Waals surface area contributed by atoms with Gasteiger partial charge in [-0.15, -0.1) is 0 Å². The summed E-state index contributed by atoms with van der Waals surface area (Å²) in [5.74, 6) is 1.78. The van der Waals surface area contributed by atoms with Crippen LogP contribution in [0.15, 0.2) is 53.1 Å². The van der Waals surface area contributed by atoms with Crippen molar-refractivity contribution in [2.24, 2.45) is 0 Å². The molecular weight excluding hydrogens is 374 g/mol. The first kappa shape index (κ1) is 18.4. The first-order valence-corrected chi connectivity index (χ1v) is 10.3. The minimum absolute atomic E-state index is 0.225. The molecule has 0 saturated carbocycles. The van der Waals surface area contributed by atoms with Crippen molar-refractivity contribution >= 4 is 23.6 Å². The standard InChI is InChI=1S/C21H19N3O3S/c1-2-14-7-9-15(10-8-14)19-22-18(27-23-19)13-28-12-11-24-20(25)16-5-3-4-6-17(16)21(24)26/h3-10H,2,11-13H2,1H3. The topological polar surface area (TPSA) is 76.3 Å². The lowest BCUT2D eigenvalue weighted by atomic mass is 10.1. The molecule has 7 heteroatoms. The average Bonchev–Trinajstić information content (AvgIpc) is 3.30. The smallest absolute Gasteiger partial charge is 0.261 e. The summed E-state index contributed by atoms with van der Waals surface area (Å²) in [6.07, 6.45) is 0.988. The SMILES string of the molecule is CCc1ccc(-c2noc(CSCCN3C(=O)c4ccccc4C3=O)n2)cc1. The molecule has 4 rings (SSSR count). The van der Waals surface area contributed by atoms with E-state index in [-0.39, 0.29) is 11.8 Å². The molecule has 1 aliphatic heterocycles. The number of carbonyl (C=O) groups is 2. The van der Waals surface area contributed by atoms with E-state index >= 15 is 0 Å². The number of hydrogen-bond donors (Lipinski definition) is 0. The van der Waals surface area contributed by atoms with Gasteiger partial charge in [-0.2, -0.15) is 16.7 Å². The summed E-state index contributed by atoms with van der Waals surface area (Å²) in [7, 11) is 0. The summed E-state index contributed by atoms with van der Waals surface area (Å²) in [4.78, 5) is 30.4. The molecule has 1 aromatic heterocycles. The Morgan fingerprint density at radius 1 is 1.00 bits per heavy atom. The normalized spacial score (nSPS) is 13.2. The van der Waals surface area contributed by atoms with E-state index in [1.165, 1.54) is 10.5 Å². The number of hydrogen-bond acceptors (Lipinski definition) is 6. The molecule has 6 nitrogen and oxygen atoms in total. The van der Waals surface area contributed by atoms with Crippen LogP contribution in [0.5, 0.6) is 0 Å². The van der Waals surface area contributed by atoms with Gasteiger partial charge in [-0.05, 0) is 24.1 Å². The predicted octanol–water partition coefficient (Wildman–Crippen LogP) is 3.83. The molecule has 0 N–H and O–H groups in total. The van der Waals surface area contributed by atoms with Gasteiger partial charge in [-0.25, -0.2) is 0 Å². The van der Waals surface area contributed by atoms with Gasteiger partial charge >= 0.3 is 0 Å². The van der Waals surface area contributed by atoms with Gasteiger partial charge in [-0.1, -0.05) is 48.5 Å². The molecule has 2 amide bonds. The van der Waals surface area contributed by atoms with Gasteiger partial charge in [0.05, 0.1) is 16.9 Å². The van der Waals surface area contributed by atoms with Gasteiger partial charge in [-0.3, -0.25) is 14.5 Å². The van der Waals surface area contributed by atoms with Crippen LogP contribution < -0.4 is 0 Å². The van der Waals surface area contributed by atoms with Crippen LogP contribution in [-0.4, -0.2) is 39.2 Å². The zero-order valence-corrected chi connectivity index (χ0v) is 16.2. The highest BCUT2D eigenvalue weighted by Crippen LogP contribution is 2.23. The molecule has 0 saturated heterocycles. The number of fused-ring (bicyclic) bond motifs is 1. The fraction of sp³-hybridized carbons (Fsp3) is 0.238. The van der Waals surface area contributed by atoms with E-state index in [1.807, 2.05) is 12.1 Å². The Morgan fingerprint density at radius 3 is 2.32 bits per heavy atom. The van der Waals surface area contributed by atoms with Crippen molar-refractivity contribution < 1.29 is 14.1 Å². The van der Waals surface area contributed by atoms with E-state index in [0.29, 0.717) is 40.9 Å². The molecule has 0 unspecified atom stereocenters. The molecule has 0 radical (unpaired) electrons. The fourth-order valence-electron chi connectivity index (χ4n) is 3.08. The summed E-state index contributed by atoms with van der Waals surface area (Å²) < 4.78 is 5.31. The average molecular weight is 393 g/mol. The minimum Gasteiger partial charge on any atom is -0.338 e. The first-order chi connectivity index (χ1) is 13.7. The Hall–Kier alpha value is -2.93. The Labute approximate surface area is 166 Å². The molecule has 2 heterocycles. The summed E-state index contributed by atoms with van der Waals surface area (Å²) in [6.45, 7) is 2.47. The zero-order valence-electron chi connectivity index (χ0n) is 15.4. The second kappa shape index (κ2) is 7.98. The molecule has 0 atom stereocenters. The summed E-state index contributed by atoms with van der Waals surface area (Å²) in [5.41, 5.74) is 3.14. The van der Waals surface area contributed by atoms with Crippen molar-refractivity contribution in [3.63, 3.8) is 0 Å². The Morgan fingerprint density at radius 2 is 1.68 bits per heavy atom. The van der Waals surface area contributed by atoms with Gasteiger partial charge in [0.25, 0.3) is 11.8 Å². The van der Waals surface area contributed by atoms with Crippen molar-refractivity contribution in [1.82, 2.24) is 15.0 Å². The number of rotatable bonds is 7. The van der Waals surface area contributed by atoms with Crippen molar-refractivity contribution in [3.8, 4) is 11.4 Å². The summed E-state index contributed by atoms with van der Waals surface area (Å²) in [6, 6.07) is 15.0. The molecule has 2 aromatic carbocycles. The number of imide groups is 1. The van der Waals surface area contributed by atoms with Gasteiger partial charge in [0.2, 0.25) is 11.7 Å². The van der Waals surface area contributed by atoms with Crippen LogP contribution in [0.4, 0.5) is 0 Å². The van der Waals surface area contributed by atoms with Crippen LogP contribution in [0.25, 0.3) is 11.4 Å². The van der Waals surface area contributed by atoms with Crippen LogP contribution in [0.1, 0.15) is 39.1 Å². The second-order valence-electron chi connectivity index (χ2n) is 6.42. The molecular formula is C21H19N3O3S. The lowest BCUT2D eigenvalue weighted by Gasteiger charge is -2.12. The molecule has 0 aliphatic carbocycles. The quantitative estimate of drug-likeness (QED) is 0.449. The van der Waals surface area contributed by atoms with Gasteiger partial charge < -0.3 is 4.52 Å². The van der Waals surface area contributed by atoms with Crippen LogP contribution in [0.3, 0.4) is 0 Å². The maximum atomic E-state index is 12.3. The van der Waals surface area contributed by atoms with Crippen LogP contribution in [0.2, 0.25) is 0 Å². The number of aromatic nitrogens is 2. The minimum atomic E-state index is -0.225. The monoisotopic (exact) mass is 393 g/mol. The van der Waals surface area contributed by atoms with E-state index in [2.05, 4.69) is 29.2 Å². The molecule has 28 heavy (non-hydrogen) atoms. The maximum Gasteiger partial charge on any atom is 0.261 e. The highest BCUT2D eigenvalue weighted by atomic mass is 32.2. The highest BCUT2D eigenvalue weighted by Gasteiger charge is 2.34. The Bertz CT molecular complexity index is 979. The van der Waals surface area contributed by atoms with Crippen molar-refractivity contribution in [2.45, 2.75) is 19.1 Å². The third-order valence-corrected chi connectivity index (χ3v) is 5.57. The van der Waals surface area contributed by atoms with Gasteiger partial charge in [0.15, 0.2) is 0 Å². The molecule has 0 bridgehead atoms. The van der Waals surface area contributed by atoms with E-state index in [9.17, 15) is 9.59 Å². The molecule has 3 aromatic rings. The number of carbonyl (C=O) groups excluding carboxylic acids is 2. The summed E-state index contributed by atoms with van der Waals surface area (Å²) >= 11 is 1.55. The van der Waals surface area contributed by atoms with Crippen molar-refractivity contribution in [1.29, 1.82) is 0 Å².